The maximum atomic E-state index is 12.7. The molecule has 0 aromatic carbocycles. The number of carboxylic acid groups (broad SMARTS) is 1. The predicted octanol–water partition coefficient (Wildman–Crippen LogP) is 5.53. The van der Waals surface area contributed by atoms with E-state index in [0.29, 0.717) is 43.7 Å². The fourth-order valence-corrected chi connectivity index (χ4v) is 3.22. The lowest BCUT2D eigenvalue weighted by Gasteiger charge is -2.27. The van der Waals surface area contributed by atoms with E-state index in [1.165, 1.54) is 11.1 Å². The number of hydrogen-bond acceptors (Lipinski definition) is 9. The van der Waals surface area contributed by atoms with Crippen LogP contribution >= 0.6 is 0 Å². The van der Waals surface area contributed by atoms with E-state index in [2.05, 4.69) is 25.7 Å². The van der Waals surface area contributed by atoms with E-state index < -0.39 is 17.7 Å². The fraction of sp³-hybridized carbons (Fsp3) is 0.517. The summed E-state index contributed by atoms with van der Waals surface area (Å²) in [6.07, 6.45) is 5.80. The van der Waals surface area contributed by atoms with Gasteiger partial charge in [0.05, 0.1) is 11.4 Å². The molecule has 234 valence electrons. The van der Waals surface area contributed by atoms with E-state index >= 15 is 0 Å². The standard InChI is InChI=1S/C19H24N4O6.C6H11N3.2C2H6/c1-19(2,3)29-18(27)23(9-5-4-7-20-12-24)15-10-13(6-8-21-15)16-22-14(11-28-16)17(25)26;1-5-6(7-2)4-9(3)8-5;2*1-2/h6,8,10-12H,4-5,7,9H2,1-3H3,(H,20,24)(H,25,26);4,7H,1-3H3;2*1-2H3. The number of carbonyl (C=O) groups excluding carboxylic acids is 2. The van der Waals surface area contributed by atoms with Crippen molar-refractivity contribution >= 4 is 30.0 Å². The molecule has 13 nitrogen and oxygen atoms in total. The second kappa shape index (κ2) is 19.6. The van der Waals surface area contributed by atoms with Gasteiger partial charge in [-0.1, -0.05) is 27.7 Å². The van der Waals surface area contributed by atoms with Crippen molar-refractivity contribution in [2.75, 3.05) is 30.4 Å². The SMILES string of the molecule is CC.CC.CC(C)(C)OC(=O)N(CCCCNC=O)c1cc(-c2nc(C(=O)O)co2)ccn1.CNc1cn(C)nc1C. The Balaban J connectivity index is 0.00000108. The number of aromatic carboxylic acids is 1. The number of ether oxygens (including phenoxy) is 1. The number of oxazole rings is 1. The van der Waals surface area contributed by atoms with Crippen molar-refractivity contribution in [3.63, 3.8) is 0 Å². The van der Waals surface area contributed by atoms with Crippen molar-refractivity contribution in [2.45, 2.75) is 73.8 Å². The second-order valence-electron chi connectivity index (χ2n) is 9.21. The molecule has 0 bridgehead atoms. The number of aryl methyl sites for hydroxylation is 2. The highest BCUT2D eigenvalue weighted by Gasteiger charge is 2.25. The molecule has 0 spiro atoms. The van der Waals surface area contributed by atoms with Crippen LogP contribution in [0.25, 0.3) is 11.5 Å². The summed E-state index contributed by atoms with van der Waals surface area (Å²) < 4.78 is 12.5. The minimum atomic E-state index is -1.20. The minimum absolute atomic E-state index is 0.102. The maximum Gasteiger partial charge on any atom is 0.416 e. The molecule has 3 N–H and O–H groups in total. The third-order valence-corrected chi connectivity index (χ3v) is 4.93. The first-order chi connectivity index (χ1) is 19.9. The number of nitrogens with zero attached hydrogens (tertiary/aromatic N) is 5. The number of anilines is 2. The molecule has 0 saturated carbocycles. The van der Waals surface area contributed by atoms with Crippen LogP contribution < -0.4 is 15.5 Å². The van der Waals surface area contributed by atoms with Gasteiger partial charge in [0.15, 0.2) is 5.69 Å². The van der Waals surface area contributed by atoms with Crippen molar-refractivity contribution in [1.29, 1.82) is 0 Å². The molecule has 3 rings (SSSR count). The number of rotatable bonds is 10. The Morgan fingerprint density at radius 2 is 1.86 bits per heavy atom. The van der Waals surface area contributed by atoms with Crippen LogP contribution in [0, 0.1) is 6.92 Å². The minimum Gasteiger partial charge on any atom is -0.476 e. The summed E-state index contributed by atoms with van der Waals surface area (Å²) in [7, 11) is 3.80. The van der Waals surface area contributed by atoms with E-state index in [-0.39, 0.29) is 11.6 Å². The first-order valence-corrected chi connectivity index (χ1v) is 14.0. The summed E-state index contributed by atoms with van der Waals surface area (Å²) >= 11 is 0. The highest BCUT2D eigenvalue weighted by molar-refractivity contribution is 5.88. The molecule has 2 amide bonds. The molecule has 42 heavy (non-hydrogen) atoms. The molecule has 3 aromatic rings. The highest BCUT2D eigenvalue weighted by atomic mass is 16.6. The molecule has 0 saturated heterocycles. The smallest absolute Gasteiger partial charge is 0.416 e. The average molecular weight is 590 g/mol. The summed E-state index contributed by atoms with van der Waals surface area (Å²) in [5.41, 5.74) is 1.70. The van der Waals surface area contributed by atoms with Crippen LogP contribution in [-0.2, 0) is 16.6 Å². The number of hydrogen-bond donors (Lipinski definition) is 3. The summed E-state index contributed by atoms with van der Waals surface area (Å²) in [5, 5.41) is 18.7. The van der Waals surface area contributed by atoms with Crippen LogP contribution in [0.5, 0.6) is 0 Å². The Bertz CT molecular complexity index is 1220. The fourth-order valence-electron chi connectivity index (χ4n) is 3.22. The lowest BCUT2D eigenvalue weighted by atomic mass is 10.2. The third kappa shape index (κ3) is 13.3. The van der Waals surface area contributed by atoms with Crippen LogP contribution in [-0.4, -0.2) is 69.1 Å². The average Bonchev–Trinajstić information content (AvgIpc) is 3.58. The molecule has 0 aliphatic heterocycles. The van der Waals surface area contributed by atoms with Crippen LogP contribution in [0.1, 0.15) is 77.5 Å². The molecule has 13 heteroatoms. The number of pyridine rings is 1. The zero-order valence-corrected chi connectivity index (χ0v) is 26.5. The first-order valence-electron chi connectivity index (χ1n) is 14.0. The van der Waals surface area contributed by atoms with Gasteiger partial charge in [0.25, 0.3) is 0 Å². The molecule has 0 unspecified atom stereocenters. The van der Waals surface area contributed by atoms with Crippen molar-refractivity contribution in [2.24, 2.45) is 7.05 Å². The van der Waals surface area contributed by atoms with E-state index in [4.69, 9.17) is 14.3 Å². The lowest BCUT2D eigenvalue weighted by Crippen LogP contribution is -2.38. The Morgan fingerprint density at radius 3 is 2.33 bits per heavy atom. The van der Waals surface area contributed by atoms with Crippen molar-refractivity contribution in [3.8, 4) is 11.5 Å². The Morgan fingerprint density at radius 1 is 1.19 bits per heavy atom. The van der Waals surface area contributed by atoms with Crippen LogP contribution in [0.2, 0.25) is 0 Å². The summed E-state index contributed by atoms with van der Waals surface area (Å²) in [5.74, 6) is -0.783. The monoisotopic (exact) mass is 589 g/mol. The predicted molar refractivity (Wildman–Crippen MR) is 164 cm³/mol. The van der Waals surface area contributed by atoms with E-state index in [1.807, 2.05) is 54.9 Å². The van der Waals surface area contributed by atoms with Gasteiger partial charge in [0, 0.05) is 45.1 Å². The number of carbonyl (C=O) groups is 3. The summed E-state index contributed by atoms with van der Waals surface area (Å²) in [4.78, 5) is 43.6. The number of unbranched alkanes of at least 4 members (excludes halogenated alkanes) is 1. The van der Waals surface area contributed by atoms with Crippen molar-refractivity contribution in [1.82, 2.24) is 25.1 Å². The van der Waals surface area contributed by atoms with Gasteiger partial charge in [0.1, 0.15) is 17.7 Å². The van der Waals surface area contributed by atoms with Gasteiger partial charge >= 0.3 is 12.1 Å². The second-order valence-corrected chi connectivity index (χ2v) is 9.21. The largest absolute Gasteiger partial charge is 0.476 e. The van der Waals surface area contributed by atoms with Gasteiger partial charge in [-0.2, -0.15) is 5.10 Å². The Labute approximate surface area is 248 Å². The first kappa shape index (κ1) is 37.6. The molecule has 0 radical (unpaired) electrons. The molecule has 0 aliphatic rings. The molecule has 3 heterocycles. The van der Waals surface area contributed by atoms with Crippen LogP contribution in [0.4, 0.5) is 16.3 Å². The summed E-state index contributed by atoms with van der Waals surface area (Å²) in [6, 6.07) is 3.17. The third-order valence-electron chi connectivity index (χ3n) is 4.93. The highest BCUT2D eigenvalue weighted by Crippen LogP contribution is 2.24. The maximum absolute atomic E-state index is 12.7. The molecule has 0 fully saturated rings. The Hall–Kier alpha value is -4.42. The van der Waals surface area contributed by atoms with E-state index in [1.54, 1.807) is 37.6 Å². The van der Waals surface area contributed by atoms with Gasteiger partial charge in [-0.3, -0.25) is 14.4 Å². The van der Waals surface area contributed by atoms with Crippen LogP contribution in [0.15, 0.2) is 35.2 Å². The van der Waals surface area contributed by atoms with E-state index in [0.717, 1.165) is 17.6 Å². The molecular formula is C29H47N7O6. The zero-order valence-electron chi connectivity index (χ0n) is 26.5. The number of amides is 2. The van der Waals surface area contributed by atoms with Crippen molar-refractivity contribution < 1.29 is 28.6 Å². The lowest BCUT2D eigenvalue weighted by molar-refractivity contribution is -0.109. The molecule has 0 aliphatic carbocycles. The van der Waals surface area contributed by atoms with Gasteiger partial charge < -0.3 is 24.9 Å². The van der Waals surface area contributed by atoms with Crippen molar-refractivity contribution in [3.05, 3.63) is 42.2 Å². The van der Waals surface area contributed by atoms with Crippen LogP contribution in [0.3, 0.4) is 0 Å². The van der Waals surface area contributed by atoms with E-state index in [9.17, 15) is 14.4 Å². The van der Waals surface area contributed by atoms with Gasteiger partial charge in [-0.05, 0) is 52.7 Å². The quantitative estimate of drug-likeness (QED) is 0.202. The Kier molecular flexibility index (Phi) is 17.6. The topological polar surface area (TPSA) is 165 Å². The summed E-state index contributed by atoms with van der Waals surface area (Å²) in [6.45, 7) is 16.1. The zero-order chi connectivity index (χ0) is 32.3. The van der Waals surface area contributed by atoms with Gasteiger partial charge in [0.2, 0.25) is 12.3 Å². The van der Waals surface area contributed by atoms with Gasteiger partial charge in [-0.15, -0.1) is 0 Å². The number of nitrogens with one attached hydrogen (secondary N) is 2. The number of aromatic nitrogens is 4. The normalized spacial score (nSPS) is 9.95. The molecular weight excluding hydrogens is 542 g/mol. The van der Waals surface area contributed by atoms with Gasteiger partial charge in [-0.25, -0.2) is 19.6 Å². The number of carboxylic acids is 1. The molecule has 3 aromatic heterocycles. The molecule has 0 atom stereocenters.